The molecule has 0 fully saturated rings. The zero-order valence-corrected chi connectivity index (χ0v) is 21.9. The summed E-state index contributed by atoms with van der Waals surface area (Å²) in [6.45, 7) is 0. The molecule has 9 nitrogen and oxygen atoms in total. The number of amides is 1. The highest BCUT2D eigenvalue weighted by Gasteiger charge is 2.25. The number of ether oxygens (including phenoxy) is 3. The third-order valence-electron chi connectivity index (χ3n) is 4.79. The van der Waals surface area contributed by atoms with Gasteiger partial charge in [0.1, 0.15) is 16.4 Å². The molecule has 12 heteroatoms. The Balaban J connectivity index is 1.95. The van der Waals surface area contributed by atoms with E-state index in [1.165, 1.54) is 32.4 Å². The smallest absolute Gasteiger partial charge is 0.339 e. The Morgan fingerprint density at radius 3 is 2.29 bits per heavy atom. The van der Waals surface area contributed by atoms with Gasteiger partial charge in [0, 0.05) is 10.5 Å². The maximum absolute atomic E-state index is 13.2. The lowest BCUT2D eigenvalue weighted by Crippen LogP contribution is -2.19. The van der Waals surface area contributed by atoms with E-state index in [2.05, 4.69) is 30.7 Å². The van der Waals surface area contributed by atoms with E-state index in [0.29, 0.717) is 17.2 Å². The minimum atomic E-state index is -4.26. The number of nitrogens with one attached hydrogen (secondary N) is 2. The van der Waals surface area contributed by atoms with Gasteiger partial charge in [-0.3, -0.25) is 9.52 Å². The number of halogens is 2. The second-order valence-corrected chi connectivity index (χ2v) is 9.84. The van der Waals surface area contributed by atoms with E-state index in [4.69, 9.17) is 21.1 Å². The summed E-state index contributed by atoms with van der Waals surface area (Å²) in [6.07, 6.45) is 0. The van der Waals surface area contributed by atoms with Crippen molar-refractivity contribution in [3.05, 3.63) is 75.2 Å². The third kappa shape index (κ3) is 5.87. The van der Waals surface area contributed by atoms with Crippen molar-refractivity contribution in [2.45, 2.75) is 4.90 Å². The molecule has 1 amide bonds. The second-order valence-electron chi connectivity index (χ2n) is 6.93. The quantitative estimate of drug-likeness (QED) is 0.360. The maximum atomic E-state index is 13.2. The van der Waals surface area contributed by atoms with Crippen LogP contribution in [-0.2, 0) is 14.8 Å². The molecule has 2 N–H and O–H groups in total. The highest BCUT2D eigenvalue weighted by atomic mass is 79.9. The largest absolute Gasteiger partial charge is 0.497 e. The third-order valence-corrected chi connectivity index (χ3v) is 7.43. The number of hydrogen-bond donors (Lipinski definition) is 2. The lowest BCUT2D eigenvalue weighted by Gasteiger charge is -2.16. The average molecular weight is 584 g/mol. The van der Waals surface area contributed by atoms with Crippen LogP contribution in [-0.4, -0.2) is 41.6 Å². The number of hydrogen-bond acceptors (Lipinski definition) is 7. The van der Waals surface area contributed by atoms with Crippen LogP contribution in [0.5, 0.6) is 11.5 Å². The van der Waals surface area contributed by atoms with Crippen molar-refractivity contribution in [1.29, 1.82) is 0 Å². The number of sulfonamides is 1. The van der Waals surface area contributed by atoms with Gasteiger partial charge in [0.25, 0.3) is 15.9 Å². The molecule has 0 aliphatic heterocycles. The zero-order valence-electron chi connectivity index (χ0n) is 18.7. The van der Waals surface area contributed by atoms with Gasteiger partial charge in [0.15, 0.2) is 0 Å². The molecular formula is C23H20BrClN2O7S. The van der Waals surface area contributed by atoms with E-state index >= 15 is 0 Å². The zero-order chi connectivity index (χ0) is 25.8. The normalized spacial score (nSPS) is 10.9. The van der Waals surface area contributed by atoms with Gasteiger partial charge in [-0.05, 0) is 52.3 Å². The van der Waals surface area contributed by atoms with Gasteiger partial charge < -0.3 is 19.5 Å². The summed E-state index contributed by atoms with van der Waals surface area (Å²) in [6, 6.07) is 13.3. The Hall–Kier alpha value is -3.28. The number of benzene rings is 3. The van der Waals surface area contributed by atoms with Crippen molar-refractivity contribution in [3.8, 4) is 11.5 Å². The van der Waals surface area contributed by atoms with E-state index in [0.717, 1.165) is 13.2 Å². The molecule has 3 aromatic carbocycles. The van der Waals surface area contributed by atoms with Crippen LogP contribution < -0.4 is 19.5 Å². The first kappa shape index (κ1) is 26.3. The highest BCUT2D eigenvalue weighted by Crippen LogP contribution is 2.32. The van der Waals surface area contributed by atoms with E-state index in [9.17, 15) is 18.0 Å². The van der Waals surface area contributed by atoms with Gasteiger partial charge in [-0.25, -0.2) is 13.2 Å². The van der Waals surface area contributed by atoms with Crippen LogP contribution in [0.15, 0.2) is 64.0 Å². The van der Waals surface area contributed by atoms with Gasteiger partial charge in [-0.1, -0.05) is 23.7 Å². The number of rotatable bonds is 8. The second kappa shape index (κ2) is 11.0. The highest BCUT2D eigenvalue weighted by molar-refractivity contribution is 9.10. The number of methoxy groups -OCH3 is 3. The van der Waals surface area contributed by atoms with Crippen LogP contribution in [0.4, 0.5) is 11.4 Å². The molecule has 0 atom stereocenters. The molecule has 0 radical (unpaired) electrons. The van der Waals surface area contributed by atoms with Crippen molar-refractivity contribution >= 4 is 60.8 Å². The van der Waals surface area contributed by atoms with Crippen LogP contribution in [0.25, 0.3) is 0 Å². The topological polar surface area (TPSA) is 120 Å². The van der Waals surface area contributed by atoms with Crippen LogP contribution in [0, 0.1) is 0 Å². The lowest BCUT2D eigenvalue weighted by molar-refractivity contribution is 0.0600. The molecule has 0 aliphatic rings. The number of esters is 1. The van der Waals surface area contributed by atoms with Crippen LogP contribution in [0.3, 0.4) is 0 Å². The van der Waals surface area contributed by atoms with E-state index in [-0.39, 0.29) is 31.2 Å². The number of carbonyl (C=O) groups is 2. The summed E-state index contributed by atoms with van der Waals surface area (Å²) in [4.78, 5) is 24.8. The molecule has 3 aromatic rings. The van der Waals surface area contributed by atoms with Crippen LogP contribution >= 0.6 is 27.5 Å². The first-order chi connectivity index (χ1) is 16.6. The first-order valence-electron chi connectivity index (χ1n) is 9.83. The van der Waals surface area contributed by atoms with Crippen molar-refractivity contribution in [3.63, 3.8) is 0 Å². The van der Waals surface area contributed by atoms with Gasteiger partial charge in [-0.2, -0.15) is 0 Å². The van der Waals surface area contributed by atoms with E-state index in [1.54, 1.807) is 30.3 Å². The molecular weight excluding hydrogens is 564 g/mol. The Kier molecular flexibility index (Phi) is 8.26. The molecule has 0 saturated carbocycles. The van der Waals surface area contributed by atoms with Gasteiger partial charge in [0.05, 0.1) is 48.9 Å². The molecule has 0 spiro atoms. The van der Waals surface area contributed by atoms with E-state index < -0.39 is 21.9 Å². The fourth-order valence-corrected chi connectivity index (χ4v) is 5.58. The molecule has 0 aromatic heterocycles. The van der Waals surface area contributed by atoms with Gasteiger partial charge in [0.2, 0.25) is 0 Å². The maximum Gasteiger partial charge on any atom is 0.339 e. The Labute approximate surface area is 215 Å². The standard InChI is InChI=1S/C23H20BrClN2O7S/c1-32-13-8-9-19(20(10-13)33-2)26-22(28)14-6-4-5-7-18(14)27-35(30,31)21-11-15(23(29)34-3)17(25)12-16(21)24/h4-12,27H,1-3H3,(H,26,28). The Morgan fingerprint density at radius 1 is 0.914 bits per heavy atom. The van der Waals surface area contributed by atoms with Crippen molar-refractivity contribution < 1.29 is 32.2 Å². The summed E-state index contributed by atoms with van der Waals surface area (Å²) in [7, 11) is -0.162. The van der Waals surface area contributed by atoms with E-state index in [1.807, 2.05) is 0 Å². The predicted molar refractivity (Wildman–Crippen MR) is 135 cm³/mol. The molecule has 0 bridgehead atoms. The summed E-state index contributed by atoms with van der Waals surface area (Å²) < 4.78 is 44.0. The SMILES string of the molecule is COC(=O)c1cc(S(=O)(=O)Nc2ccccc2C(=O)Nc2ccc(OC)cc2OC)c(Br)cc1Cl. The summed E-state index contributed by atoms with van der Waals surface area (Å²) >= 11 is 9.22. The molecule has 3 rings (SSSR count). The summed E-state index contributed by atoms with van der Waals surface area (Å²) in [5.74, 6) is -0.492. The Bertz CT molecular complexity index is 1400. The summed E-state index contributed by atoms with van der Waals surface area (Å²) in [5.41, 5.74) is 0.292. The molecule has 0 heterocycles. The first-order valence-corrected chi connectivity index (χ1v) is 12.5. The molecule has 35 heavy (non-hydrogen) atoms. The number of para-hydroxylation sites is 1. The fraction of sp³-hybridized carbons (Fsp3) is 0.130. The molecule has 0 saturated heterocycles. The molecule has 0 unspecified atom stereocenters. The predicted octanol–water partition coefficient (Wildman–Crippen LogP) is 4.96. The minimum Gasteiger partial charge on any atom is -0.497 e. The fourth-order valence-electron chi connectivity index (χ4n) is 3.06. The average Bonchev–Trinajstić information content (AvgIpc) is 2.83. The van der Waals surface area contributed by atoms with Crippen molar-refractivity contribution in [2.24, 2.45) is 0 Å². The Morgan fingerprint density at radius 2 is 1.63 bits per heavy atom. The number of carbonyl (C=O) groups excluding carboxylic acids is 2. The van der Waals surface area contributed by atoms with Crippen LogP contribution in [0.1, 0.15) is 20.7 Å². The molecule has 0 aliphatic carbocycles. The number of anilines is 2. The van der Waals surface area contributed by atoms with Gasteiger partial charge in [-0.15, -0.1) is 0 Å². The monoisotopic (exact) mass is 582 g/mol. The van der Waals surface area contributed by atoms with Crippen molar-refractivity contribution in [1.82, 2.24) is 0 Å². The van der Waals surface area contributed by atoms with Gasteiger partial charge >= 0.3 is 5.97 Å². The van der Waals surface area contributed by atoms with Crippen LogP contribution in [0.2, 0.25) is 5.02 Å². The lowest BCUT2D eigenvalue weighted by atomic mass is 10.1. The molecule has 184 valence electrons. The summed E-state index contributed by atoms with van der Waals surface area (Å²) in [5, 5.41) is 2.71. The minimum absolute atomic E-state index is 0.0101. The van der Waals surface area contributed by atoms with Crippen molar-refractivity contribution in [2.75, 3.05) is 31.4 Å².